The molecule has 1 aromatic carbocycles. The molecule has 212 valence electrons. The Morgan fingerprint density at radius 3 is 2.64 bits per heavy atom. The third kappa shape index (κ3) is 3.85. The minimum Gasteiger partial charge on any atom is -0.478 e. The molecule has 3 fully saturated rings. The molecule has 9 atom stereocenters. The summed E-state index contributed by atoms with van der Waals surface area (Å²) in [4.78, 5) is 26.6. The van der Waals surface area contributed by atoms with E-state index in [-0.39, 0.29) is 41.7 Å². The van der Waals surface area contributed by atoms with Crippen molar-refractivity contribution in [1.29, 1.82) is 0 Å². The summed E-state index contributed by atoms with van der Waals surface area (Å²) in [5, 5.41) is 32.3. The second-order valence-electron chi connectivity index (χ2n) is 12.8. The van der Waals surface area contributed by atoms with Gasteiger partial charge in [0.05, 0.1) is 12.7 Å². The molecule has 1 unspecified atom stereocenters. The van der Waals surface area contributed by atoms with Gasteiger partial charge in [0.25, 0.3) is 0 Å². The van der Waals surface area contributed by atoms with Crippen molar-refractivity contribution in [2.75, 3.05) is 0 Å². The van der Waals surface area contributed by atoms with Crippen LogP contribution in [0.5, 0.6) is 5.75 Å². The van der Waals surface area contributed by atoms with Gasteiger partial charge in [0.15, 0.2) is 23.5 Å². The zero-order valence-electron chi connectivity index (χ0n) is 22.9. The van der Waals surface area contributed by atoms with Gasteiger partial charge in [0.1, 0.15) is 5.78 Å². The lowest BCUT2D eigenvalue weighted by Gasteiger charge is -2.63. The highest BCUT2D eigenvalue weighted by molar-refractivity contribution is 6.61. The SMILES string of the molecule is C=C[C@]1(C)C[C@@H](C(Oc2c(F)cc3c(c2F)B(O)OC3)C(=O)O)[C@@]2(C)[C@H](C)CC[C@]3(CCC(=O)[C@H]32)[C@@H](C)[C@@H]1O. The molecule has 4 aliphatic rings. The molecule has 2 bridgehead atoms. The number of fused-ring (bicyclic) bond motifs is 1. The molecule has 1 aromatic rings. The van der Waals surface area contributed by atoms with Crippen LogP contribution < -0.4 is 10.2 Å². The minimum absolute atomic E-state index is 0.0367. The van der Waals surface area contributed by atoms with Crippen LogP contribution in [0.25, 0.3) is 0 Å². The zero-order valence-corrected chi connectivity index (χ0v) is 22.9. The number of hydrogen-bond acceptors (Lipinski definition) is 6. The van der Waals surface area contributed by atoms with Gasteiger partial charge in [-0.1, -0.05) is 33.8 Å². The van der Waals surface area contributed by atoms with Crippen LogP contribution >= 0.6 is 0 Å². The van der Waals surface area contributed by atoms with Crippen LogP contribution in [0.2, 0.25) is 0 Å². The molecular formula is C29H37BF2O7. The monoisotopic (exact) mass is 546 g/mol. The van der Waals surface area contributed by atoms with E-state index in [9.17, 15) is 24.8 Å². The number of carbonyl (C=O) groups excluding carboxylic acids is 1. The Balaban J connectivity index is 1.69. The highest BCUT2D eigenvalue weighted by atomic mass is 19.1. The number of aliphatic hydroxyl groups excluding tert-OH is 1. The molecule has 1 aliphatic heterocycles. The van der Waals surface area contributed by atoms with Crippen LogP contribution in [0.4, 0.5) is 8.78 Å². The van der Waals surface area contributed by atoms with Crippen LogP contribution in [0.3, 0.4) is 0 Å². The highest BCUT2D eigenvalue weighted by Crippen LogP contribution is 2.69. The van der Waals surface area contributed by atoms with Crippen molar-refractivity contribution in [3.63, 3.8) is 0 Å². The second kappa shape index (κ2) is 9.38. The highest BCUT2D eigenvalue weighted by Gasteiger charge is 2.69. The van der Waals surface area contributed by atoms with Crippen LogP contribution in [0.15, 0.2) is 18.7 Å². The zero-order chi connectivity index (χ0) is 28.7. The van der Waals surface area contributed by atoms with Crippen molar-refractivity contribution in [2.24, 2.45) is 39.9 Å². The second-order valence-corrected chi connectivity index (χ2v) is 12.8. The van der Waals surface area contributed by atoms with Gasteiger partial charge in [-0.15, -0.1) is 6.58 Å². The first-order valence-corrected chi connectivity index (χ1v) is 13.8. The summed E-state index contributed by atoms with van der Waals surface area (Å²) in [6.45, 7) is 11.5. The lowest BCUT2D eigenvalue weighted by Crippen LogP contribution is -2.63. The van der Waals surface area contributed by atoms with E-state index in [4.69, 9.17) is 9.39 Å². The molecule has 0 radical (unpaired) electrons. The minimum atomic E-state index is -1.75. The molecule has 7 nitrogen and oxygen atoms in total. The quantitative estimate of drug-likeness (QED) is 0.382. The van der Waals surface area contributed by atoms with Crippen molar-refractivity contribution >= 4 is 24.3 Å². The molecule has 0 aromatic heterocycles. The average Bonchev–Trinajstić information content (AvgIpc) is 3.44. The number of ether oxygens (including phenoxy) is 1. The normalized spacial score (nSPS) is 40.4. The first-order chi connectivity index (χ1) is 18.2. The summed E-state index contributed by atoms with van der Waals surface area (Å²) < 4.78 is 41.6. The van der Waals surface area contributed by atoms with Crippen LogP contribution in [0.1, 0.15) is 65.4 Å². The van der Waals surface area contributed by atoms with E-state index in [1.54, 1.807) is 6.08 Å². The van der Waals surface area contributed by atoms with Gasteiger partial charge >= 0.3 is 13.1 Å². The largest absolute Gasteiger partial charge is 0.494 e. The Kier molecular flexibility index (Phi) is 6.79. The summed E-state index contributed by atoms with van der Waals surface area (Å²) in [7, 11) is -1.62. The summed E-state index contributed by atoms with van der Waals surface area (Å²) in [6, 6.07) is 0.983. The van der Waals surface area contributed by atoms with E-state index in [1.165, 1.54) is 0 Å². The third-order valence-corrected chi connectivity index (χ3v) is 11.2. The number of carboxylic acids is 1. The molecule has 3 N–H and O–H groups in total. The van der Waals surface area contributed by atoms with Crippen LogP contribution in [-0.4, -0.2) is 46.3 Å². The Labute approximate surface area is 227 Å². The Hall–Kier alpha value is -2.30. The number of Topliss-reactive ketones (excluding diaryl/α,β-unsaturated/α-hetero) is 1. The Bertz CT molecular complexity index is 1220. The molecule has 3 aliphatic carbocycles. The van der Waals surface area contributed by atoms with E-state index < -0.39 is 70.8 Å². The fraction of sp³-hybridized carbons (Fsp3) is 0.655. The maximum atomic E-state index is 15.5. The summed E-state index contributed by atoms with van der Waals surface area (Å²) in [5.74, 6) is -6.40. The van der Waals surface area contributed by atoms with E-state index in [1.807, 2.05) is 27.7 Å². The van der Waals surface area contributed by atoms with Gasteiger partial charge < -0.3 is 24.6 Å². The number of ketones is 1. The van der Waals surface area contributed by atoms with E-state index in [2.05, 4.69) is 6.58 Å². The number of aliphatic carboxylic acids is 1. The molecule has 3 saturated carbocycles. The lowest BCUT2D eigenvalue weighted by molar-refractivity contribution is -0.193. The molecule has 0 saturated heterocycles. The topological polar surface area (TPSA) is 113 Å². The van der Waals surface area contributed by atoms with E-state index in [0.717, 1.165) is 18.9 Å². The predicted molar refractivity (Wildman–Crippen MR) is 139 cm³/mol. The summed E-state index contributed by atoms with van der Waals surface area (Å²) >= 11 is 0. The maximum Gasteiger partial charge on any atom is 0.494 e. The van der Waals surface area contributed by atoms with Crippen molar-refractivity contribution < 1.29 is 43.0 Å². The first kappa shape index (κ1) is 28.2. The maximum absolute atomic E-state index is 15.5. The van der Waals surface area contributed by atoms with Crippen molar-refractivity contribution in [2.45, 2.75) is 78.6 Å². The van der Waals surface area contributed by atoms with Crippen molar-refractivity contribution in [3.8, 4) is 5.75 Å². The van der Waals surface area contributed by atoms with E-state index >= 15 is 8.78 Å². The standard InChI is InChI=1S/C29H37BF2O7/c1-6-27(4)12-17(22(26(35)36)39-23-18(31)11-16-13-38-30(37)20(16)21(23)32)28(5)14(2)7-9-29(15(3)25(27)34)10-8-19(33)24(28)29/h6,11,14-15,17,22,24-25,34,37H,1,7-10,12-13H2,2-5H3,(H,35,36)/t14-,15+,17+,22?,24+,25+,27-,28-,29+/m1/s1. The van der Waals surface area contributed by atoms with Crippen molar-refractivity contribution in [3.05, 3.63) is 35.9 Å². The van der Waals surface area contributed by atoms with Gasteiger partial charge in [0, 0.05) is 29.1 Å². The Morgan fingerprint density at radius 1 is 1.31 bits per heavy atom. The van der Waals surface area contributed by atoms with Gasteiger partial charge in [-0.25, -0.2) is 13.6 Å². The first-order valence-electron chi connectivity index (χ1n) is 13.8. The fourth-order valence-electron chi connectivity index (χ4n) is 8.76. The third-order valence-electron chi connectivity index (χ3n) is 11.2. The summed E-state index contributed by atoms with van der Waals surface area (Å²) in [6.07, 6.45) is 1.43. The fourth-order valence-corrected chi connectivity index (χ4v) is 8.76. The molecule has 0 spiro atoms. The van der Waals surface area contributed by atoms with Gasteiger partial charge in [-0.05, 0) is 60.0 Å². The van der Waals surface area contributed by atoms with Crippen LogP contribution in [-0.2, 0) is 20.9 Å². The lowest BCUT2D eigenvalue weighted by atomic mass is 9.41. The number of carboxylic acid groups (broad SMARTS) is 1. The Morgan fingerprint density at radius 2 is 2.00 bits per heavy atom. The number of halogens is 2. The predicted octanol–water partition coefficient (Wildman–Crippen LogP) is 3.63. The number of rotatable bonds is 5. The summed E-state index contributed by atoms with van der Waals surface area (Å²) in [5.41, 5.74) is -2.55. The van der Waals surface area contributed by atoms with Crippen molar-refractivity contribution in [1.82, 2.24) is 0 Å². The molecule has 0 amide bonds. The molecule has 39 heavy (non-hydrogen) atoms. The van der Waals surface area contributed by atoms with Gasteiger partial charge in [-0.3, -0.25) is 4.79 Å². The molecule has 5 rings (SSSR count). The number of carbonyl (C=O) groups is 2. The number of aliphatic hydroxyl groups is 1. The average molecular weight is 546 g/mol. The number of benzene rings is 1. The van der Waals surface area contributed by atoms with E-state index in [0.29, 0.717) is 12.8 Å². The van der Waals surface area contributed by atoms with Gasteiger partial charge in [-0.2, -0.15) is 0 Å². The number of hydrogen-bond donors (Lipinski definition) is 3. The molecular weight excluding hydrogens is 509 g/mol. The van der Waals surface area contributed by atoms with Gasteiger partial charge in [0.2, 0.25) is 0 Å². The smallest absolute Gasteiger partial charge is 0.478 e. The van der Waals surface area contributed by atoms with Crippen LogP contribution in [0, 0.1) is 51.6 Å². The molecule has 1 heterocycles. The molecule has 10 heteroatoms.